The Labute approximate surface area is 240 Å². The Morgan fingerprint density at radius 3 is 2.48 bits per heavy atom. The highest BCUT2D eigenvalue weighted by atomic mass is 35.5. The molecule has 2 aliphatic carbocycles. The van der Waals surface area contributed by atoms with E-state index in [0.29, 0.717) is 42.1 Å². The van der Waals surface area contributed by atoms with Gasteiger partial charge in [0.2, 0.25) is 11.8 Å². The van der Waals surface area contributed by atoms with E-state index in [1.54, 1.807) is 47.5 Å². The summed E-state index contributed by atoms with van der Waals surface area (Å²) in [6.07, 6.45) is 6.84. The van der Waals surface area contributed by atoms with E-state index in [1.165, 1.54) is 17.0 Å². The first kappa shape index (κ1) is 26.7. The normalized spacial score (nSPS) is 22.4. The Balaban J connectivity index is 1.32. The molecule has 40 heavy (non-hydrogen) atoms. The van der Waals surface area contributed by atoms with Gasteiger partial charge < -0.3 is 10.2 Å². The van der Waals surface area contributed by atoms with E-state index in [2.05, 4.69) is 21.5 Å². The van der Waals surface area contributed by atoms with E-state index >= 15 is 0 Å². The van der Waals surface area contributed by atoms with E-state index in [0.717, 1.165) is 0 Å². The number of pyridine rings is 1. The molecule has 2 amide bonds. The Morgan fingerprint density at radius 2 is 1.90 bits per heavy atom. The van der Waals surface area contributed by atoms with Crippen LogP contribution in [0.25, 0.3) is 5.69 Å². The lowest BCUT2D eigenvalue weighted by atomic mass is 9.95. The molecular formula is C27H24Cl2N6O4S. The van der Waals surface area contributed by atoms with Gasteiger partial charge in [0.25, 0.3) is 0 Å². The lowest BCUT2D eigenvalue weighted by Crippen LogP contribution is -2.51. The molecule has 0 spiro atoms. The summed E-state index contributed by atoms with van der Waals surface area (Å²) in [5.41, 5.74) is -0.607. The number of nitrogens with one attached hydrogen (secondary N) is 1. The van der Waals surface area contributed by atoms with Crippen molar-refractivity contribution in [1.29, 1.82) is 5.26 Å². The van der Waals surface area contributed by atoms with Gasteiger partial charge in [0.15, 0.2) is 9.84 Å². The van der Waals surface area contributed by atoms with Crippen LogP contribution in [0.5, 0.6) is 0 Å². The number of carbonyl (C=O) groups excluding carboxylic acids is 2. The molecule has 0 bridgehead atoms. The van der Waals surface area contributed by atoms with Crippen LogP contribution in [-0.2, 0) is 24.8 Å². The third kappa shape index (κ3) is 4.54. The molecule has 1 saturated heterocycles. The van der Waals surface area contributed by atoms with Crippen LogP contribution < -0.4 is 5.32 Å². The van der Waals surface area contributed by atoms with Crippen LogP contribution in [0.4, 0.5) is 0 Å². The van der Waals surface area contributed by atoms with Gasteiger partial charge in [-0.15, -0.1) is 0 Å². The molecule has 1 aliphatic heterocycles. The van der Waals surface area contributed by atoms with Gasteiger partial charge in [0.05, 0.1) is 32.3 Å². The minimum atomic E-state index is -4.05. The topological polar surface area (TPSA) is 138 Å². The average Bonchev–Trinajstić information content (AvgIpc) is 3.78. The maximum absolute atomic E-state index is 14.0. The lowest BCUT2D eigenvalue weighted by molar-refractivity contribution is -0.140. The standard InChI is InChI=1S/C27H24Cl2N6O4S/c28-20-12-18(35-11-1-10-32-35)3-4-22(20)40(38,39)19-13-21(24(36)33-26(16-30)6-7-26)34(15-19)25(37)27(8-9-27)17-2-5-23(29)31-14-17/h1-5,10-12,14,19,21H,6-9,13,15H2,(H,33,36). The van der Waals surface area contributed by atoms with Crippen LogP contribution in [0.2, 0.25) is 10.2 Å². The number of nitriles is 1. The molecule has 2 atom stereocenters. The second kappa shape index (κ2) is 9.58. The molecule has 2 unspecified atom stereocenters. The first-order chi connectivity index (χ1) is 19.1. The van der Waals surface area contributed by atoms with Crippen molar-refractivity contribution in [3.63, 3.8) is 0 Å². The van der Waals surface area contributed by atoms with E-state index in [-0.39, 0.29) is 28.8 Å². The first-order valence-electron chi connectivity index (χ1n) is 12.8. The molecule has 0 radical (unpaired) electrons. The second-order valence-corrected chi connectivity index (χ2v) is 13.6. The molecule has 3 fully saturated rings. The summed E-state index contributed by atoms with van der Waals surface area (Å²) in [6.45, 7) is -0.182. The maximum Gasteiger partial charge on any atom is 0.244 e. The van der Waals surface area contributed by atoms with Crippen LogP contribution in [0.1, 0.15) is 37.7 Å². The number of rotatable bonds is 7. The number of aromatic nitrogens is 3. The SMILES string of the molecule is N#CC1(NC(=O)C2CC(S(=O)(=O)c3ccc(-n4cccn4)cc3Cl)CN2C(=O)C2(c3ccc(Cl)nc3)CC2)CC1. The van der Waals surface area contributed by atoms with Gasteiger partial charge in [-0.05, 0) is 68.0 Å². The third-order valence-electron chi connectivity index (χ3n) is 8.02. The van der Waals surface area contributed by atoms with Gasteiger partial charge in [-0.3, -0.25) is 9.59 Å². The zero-order valence-corrected chi connectivity index (χ0v) is 23.5. The van der Waals surface area contributed by atoms with Gasteiger partial charge in [0, 0.05) is 25.1 Å². The van der Waals surface area contributed by atoms with Gasteiger partial charge in [0.1, 0.15) is 16.7 Å². The number of benzene rings is 1. The molecule has 2 aromatic heterocycles. The lowest BCUT2D eigenvalue weighted by Gasteiger charge is -2.29. The fourth-order valence-corrected chi connectivity index (χ4v) is 7.70. The van der Waals surface area contributed by atoms with Crippen molar-refractivity contribution in [2.75, 3.05) is 6.54 Å². The highest BCUT2D eigenvalue weighted by Gasteiger charge is 2.58. The Kier molecular flexibility index (Phi) is 6.40. The van der Waals surface area contributed by atoms with Crippen LogP contribution >= 0.6 is 23.2 Å². The minimum Gasteiger partial charge on any atom is -0.336 e. The quantitative estimate of drug-likeness (QED) is 0.412. The number of hydrogen-bond acceptors (Lipinski definition) is 7. The van der Waals surface area contributed by atoms with E-state index in [4.69, 9.17) is 23.2 Å². The smallest absolute Gasteiger partial charge is 0.244 e. The van der Waals surface area contributed by atoms with Gasteiger partial charge in [-0.1, -0.05) is 29.3 Å². The summed E-state index contributed by atoms with van der Waals surface area (Å²) in [7, 11) is -4.05. The highest BCUT2D eigenvalue weighted by Crippen LogP contribution is 2.51. The van der Waals surface area contributed by atoms with E-state index < -0.39 is 38.0 Å². The fourth-order valence-electron chi connectivity index (χ4n) is 5.35. The van der Waals surface area contributed by atoms with Crippen LogP contribution in [0.3, 0.4) is 0 Å². The summed E-state index contributed by atoms with van der Waals surface area (Å²) in [5.74, 6) is -0.869. The molecule has 2 saturated carbocycles. The second-order valence-electron chi connectivity index (χ2n) is 10.6. The fraction of sp³-hybridized carbons (Fsp3) is 0.370. The van der Waals surface area contributed by atoms with Gasteiger partial charge in [-0.25, -0.2) is 18.1 Å². The number of halogens is 2. The number of hydrogen-bond donors (Lipinski definition) is 1. The molecule has 3 heterocycles. The van der Waals surface area contributed by atoms with Gasteiger partial charge >= 0.3 is 0 Å². The third-order valence-corrected chi connectivity index (χ3v) is 10.9. The van der Waals surface area contributed by atoms with E-state index in [9.17, 15) is 23.3 Å². The molecule has 13 heteroatoms. The largest absolute Gasteiger partial charge is 0.336 e. The van der Waals surface area contributed by atoms with Crippen molar-refractivity contribution < 1.29 is 18.0 Å². The van der Waals surface area contributed by atoms with Crippen LogP contribution in [-0.4, -0.2) is 63.3 Å². The molecule has 10 nitrogen and oxygen atoms in total. The minimum absolute atomic E-state index is 0.0195. The number of likely N-dealkylation sites (tertiary alicyclic amines) is 1. The van der Waals surface area contributed by atoms with E-state index in [1.807, 2.05) is 0 Å². The van der Waals surface area contributed by atoms with Crippen molar-refractivity contribution in [3.8, 4) is 11.8 Å². The number of nitrogens with zero attached hydrogens (tertiary/aromatic N) is 5. The highest BCUT2D eigenvalue weighted by molar-refractivity contribution is 7.92. The molecule has 3 aromatic rings. The van der Waals surface area contributed by atoms with Crippen molar-refractivity contribution in [2.24, 2.45) is 0 Å². The molecule has 3 aliphatic rings. The van der Waals surface area contributed by atoms with Crippen molar-refractivity contribution in [2.45, 2.75) is 59.2 Å². The summed E-state index contributed by atoms with van der Waals surface area (Å²) in [5, 5.41) is 15.6. The first-order valence-corrected chi connectivity index (χ1v) is 15.1. The van der Waals surface area contributed by atoms with Crippen molar-refractivity contribution in [3.05, 3.63) is 70.7 Å². The summed E-state index contributed by atoms with van der Waals surface area (Å²) >= 11 is 12.4. The zero-order chi connectivity index (χ0) is 28.3. The molecule has 6 rings (SSSR count). The van der Waals surface area contributed by atoms with Crippen LogP contribution in [0, 0.1) is 11.3 Å². The number of sulfone groups is 1. The van der Waals surface area contributed by atoms with Crippen molar-refractivity contribution >= 4 is 44.9 Å². The summed E-state index contributed by atoms with van der Waals surface area (Å²) in [6, 6.07) is 10.7. The molecule has 1 N–H and O–H groups in total. The predicted octanol–water partition coefficient (Wildman–Crippen LogP) is 3.22. The summed E-state index contributed by atoms with van der Waals surface area (Å²) in [4.78, 5) is 32.8. The van der Waals surface area contributed by atoms with Crippen LogP contribution in [0.15, 0.2) is 59.9 Å². The Bertz CT molecular complexity index is 1640. The van der Waals surface area contributed by atoms with Gasteiger partial charge in [-0.2, -0.15) is 10.4 Å². The number of amides is 2. The summed E-state index contributed by atoms with van der Waals surface area (Å²) < 4.78 is 29.3. The molecule has 206 valence electrons. The molecule has 1 aromatic carbocycles. The Hall–Kier alpha value is -3.46. The Morgan fingerprint density at radius 1 is 1.12 bits per heavy atom. The van der Waals surface area contributed by atoms with Crippen molar-refractivity contribution in [1.82, 2.24) is 25.0 Å². The predicted molar refractivity (Wildman–Crippen MR) is 146 cm³/mol. The monoisotopic (exact) mass is 598 g/mol. The maximum atomic E-state index is 14.0. The number of carbonyl (C=O) groups is 2. The molecular weight excluding hydrogens is 575 g/mol. The zero-order valence-electron chi connectivity index (χ0n) is 21.1. The average molecular weight is 599 g/mol.